The van der Waals surface area contributed by atoms with Crippen LogP contribution in [0.15, 0.2) is 42.9 Å². The number of hydrogen-bond donors (Lipinski definition) is 2. The Kier molecular flexibility index (Phi) is 4.89. The highest BCUT2D eigenvalue weighted by Gasteiger charge is 2.19. The number of aliphatic hydroxyl groups is 1. The maximum Gasteiger partial charge on any atom is 0.222 e. The van der Waals surface area contributed by atoms with Crippen molar-refractivity contribution in [3.05, 3.63) is 59.4 Å². The van der Waals surface area contributed by atoms with Crippen LogP contribution in [0.5, 0.6) is 0 Å². The van der Waals surface area contributed by atoms with Crippen molar-refractivity contribution in [3.63, 3.8) is 0 Å². The van der Waals surface area contributed by atoms with Gasteiger partial charge in [0, 0.05) is 24.0 Å². The number of fused-ring (bicyclic) bond motifs is 1. The minimum atomic E-state index is -0.475. The second-order valence-electron chi connectivity index (χ2n) is 6.07. The molecule has 3 heterocycles. The Labute approximate surface area is 164 Å². The van der Waals surface area contributed by atoms with E-state index in [-0.39, 0.29) is 6.61 Å². The lowest BCUT2D eigenvalue weighted by molar-refractivity contribution is 0.311. The summed E-state index contributed by atoms with van der Waals surface area (Å²) in [7, 11) is 0. The largest absolute Gasteiger partial charge is 0.395 e. The average molecular weight is 399 g/mol. The molecule has 0 saturated heterocycles. The van der Waals surface area contributed by atoms with Gasteiger partial charge in [0.1, 0.15) is 11.6 Å². The zero-order chi connectivity index (χ0) is 19.7. The lowest BCUT2D eigenvalue weighted by Crippen LogP contribution is -2.10. The Morgan fingerprint density at radius 2 is 2.07 bits per heavy atom. The molecule has 0 radical (unpaired) electrons. The lowest BCUT2D eigenvalue weighted by Gasteiger charge is -2.12. The number of aromatic nitrogens is 5. The van der Waals surface area contributed by atoms with Crippen molar-refractivity contribution in [2.24, 2.45) is 0 Å². The second kappa shape index (κ2) is 7.49. The fraction of sp³-hybridized carbons (Fsp3) is 0.158. The van der Waals surface area contributed by atoms with Gasteiger partial charge in [0.2, 0.25) is 5.95 Å². The molecule has 0 aliphatic carbocycles. The van der Waals surface area contributed by atoms with E-state index in [2.05, 4.69) is 25.3 Å². The van der Waals surface area contributed by atoms with E-state index in [1.165, 1.54) is 6.07 Å². The number of nitrogens with one attached hydrogen (secondary N) is 1. The average Bonchev–Trinajstić information content (AvgIpc) is 3.05. The number of benzene rings is 1. The van der Waals surface area contributed by atoms with E-state index in [1.807, 2.05) is 6.92 Å². The van der Waals surface area contributed by atoms with Gasteiger partial charge in [0.05, 0.1) is 40.8 Å². The first-order chi connectivity index (χ1) is 13.6. The molecule has 9 heteroatoms. The molecular formula is C19H16ClFN6O. The maximum atomic E-state index is 14.7. The van der Waals surface area contributed by atoms with E-state index >= 15 is 0 Å². The van der Waals surface area contributed by atoms with E-state index in [1.54, 1.807) is 41.4 Å². The van der Waals surface area contributed by atoms with Gasteiger partial charge in [-0.3, -0.25) is 9.55 Å². The van der Waals surface area contributed by atoms with Gasteiger partial charge in [-0.1, -0.05) is 11.6 Å². The third kappa shape index (κ3) is 3.28. The van der Waals surface area contributed by atoms with Crippen LogP contribution in [0, 0.1) is 12.7 Å². The van der Waals surface area contributed by atoms with Crippen LogP contribution >= 0.6 is 11.6 Å². The molecule has 0 fully saturated rings. The van der Waals surface area contributed by atoms with Crippen LogP contribution in [-0.2, 0) is 0 Å². The van der Waals surface area contributed by atoms with Gasteiger partial charge in [0.15, 0.2) is 0 Å². The molecule has 0 amide bonds. The monoisotopic (exact) mass is 398 g/mol. The van der Waals surface area contributed by atoms with Crippen LogP contribution in [0.3, 0.4) is 0 Å². The van der Waals surface area contributed by atoms with E-state index in [4.69, 9.17) is 16.7 Å². The molecule has 0 spiro atoms. The smallest absolute Gasteiger partial charge is 0.222 e. The van der Waals surface area contributed by atoms with E-state index in [0.717, 1.165) is 0 Å². The molecule has 7 nitrogen and oxygen atoms in total. The number of anilines is 1. The quantitative estimate of drug-likeness (QED) is 0.535. The third-order valence-corrected chi connectivity index (χ3v) is 4.46. The van der Waals surface area contributed by atoms with Crippen molar-refractivity contribution < 1.29 is 9.50 Å². The molecule has 0 unspecified atom stereocenters. The summed E-state index contributed by atoms with van der Waals surface area (Å²) in [5, 5.41) is 12.2. The molecule has 4 rings (SSSR count). The Hall–Kier alpha value is -3.10. The molecular weight excluding hydrogens is 383 g/mol. The predicted molar refractivity (Wildman–Crippen MR) is 105 cm³/mol. The molecule has 4 aromatic rings. The molecule has 0 atom stereocenters. The first kappa shape index (κ1) is 18.3. The predicted octanol–water partition coefficient (Wildman–Crippen LogP) is 3.38. The number of aliphatic hydroxyl groups excluding tert-OH is 1. The van der Waals surface area contributed by atoms with Crippen molar-refractivity contribution in [3.8, 4) is 17.1 Å². The fourth-order valence-corrected chi connectivity index (χ4v) is 3.11. The standard InChI is InChI=1S/C19H16ClFN6O/c1-11-13(9-24-19(25-11)23-6-7-28)18-26-15-4-5-22-10-17(15)27(18)16-3-2-12(20)8-14(16)21/h2-5,8-10,28H,6-7H2,1H3,(H,23,24,25). The highest BCUT2D eigenvalue weighted by Crippen LogP contribution is 2.31. The first-order valence-corrected chi connectivity index (χ1v) is 8.93. The summed E-state index contributed by atoms with van der Waals surface area (Å²) >= 11 is 5.92. The molecule has 0 aliphatic rings. The summed E-state index contributed by atoms with van der Waals surface area (Å²) in [6.45, 7) is 2.14. The third-order valence-electron chi connectivity index (χ3n) is 4.22. The lowest BCUT2D eigenvalue weighted by atomic mass is 10.2. The Morgan fingerprint density at radius 1 is 1.21 bits per heavy atom. The van der Waals surface area contributed by atoms with Gasteiger partial charge in [-0.15, -0.1) is 0 Å². The normalized spacial score (nSPS) is 11.1. The molecule has 0 aliphatic heterocycles. The molecule has 1 aromatic carbocycles. The van der Waals surface area contributed by atoms with Crippen molar-refractivity contribution in [1.29, 1.82) is 0 Å². The molecule has 142 valence electrons. The van der Waals surface area contributed by atoms with Gasteiger partial charge < -0.3 is 10.4 Å². The minimum Gasteiger partial charge on any atom is -0.395 e. The topological polar surface area (TPSA) is 88.8 Å². The number of halogens is 2. The number of imidazole rings is 1. The molecule has 0 bridgehead atoms. The summed E-state index contributed by atoms with van der Waals surface area (Å²) in [5.74, 6) is 0.421. The minimum absolute atomic E-state index is 0.0250. The zero-order valence-electron chi connectivity index (χ0n) is 14.9. The fourth-order valence-electron chi connectivity index (χ4n) is 2.95. The van der Waals surface area contributed by atoms with Gasteiger partial charge in [-0.2, -0.15) is 0 Å². The molecule has 2 N–H and O–H groups in total. The van der Waals surface area contributed by atoms with Gasteiger partial charge in [-0.25, -0.2) is 19.3 Å². The van der Waals surface area contributed by atoms with Crippen LogP contribution in [0.1, 0.15) is 5.69 Å². The summed E-state index contributed by atoms with van der Waals surface area (Å²) in [6.07, 6.45) is 4.89. The molecule has 0 saturated carbocycles. The van der Waals surface area contributed by atoms with Crippen molar-refractivity contribution >= 4 is 28.6 Å². The Morgan fingerprint density at radius 3 is 2.82 bits per heavy atom. The van der Waals surface area contributed by atoms with Crippen molar-refractivity contribution in [1.82, 2.24) is 24.5 Å². The van der Waals surface area contributed by atoms with Gasteiger partial charge >= 0.3 is 0 Å². The summed E-state index contributed by atoms with van der Waals surface area (Å²) in [4.78, 5) is 17.5. The highest BCUT2D eigenvalue weighted by atomic mass is 35.5. The first-order valence-electron chi connectivity index (χ1n) is 8.55. The van der Waals surface area contributed by atoms with Crippen molar-refractivity contribution in [2.45, 2.75) is 6.92 Å². The number of aryl methyl sites for hydroxylation is 1. The van der Waals surface area contributed by atoms with Crippen LogP contribution in [-0.4, -0.2) is 42.8 Å². The summed E-state index contributed by atoms with van der Waals surface area (Å²) in [6, 6.07) is 6.24. The van der Waals surface area contributed by atoms with E-state index in [9.17, 15) is 4.39 Å². The highest BCUT2D eigenvalue weighted by molar-refractivity contribution is 6.30. The Bertz CT molecular complexity index is 1160. The van der Waals surface area contributed by atoms with Gasteiger partial charge in [-0.05, 0) is 31.2 Å². The number of rotatable bonds is 5. The second-order valence-corrected chi connectivity index (χ2v) is 6.51. The van der Waals surface area contributed by atoms with Crippen molar-refractivity contribution in [2.75, 3.05) is 18.5 Å². The van der Waals surface area contributed by atoms with Crippen LogP contribution < -0.4 is 5.32 Å². The van der Waals surface area contributed by atoms with E-state index in [0.29, 0.717) is 51.3 Å². The van der Waals surface area contributed by atoms with Gasteiger partial charge in [0.25, 0.3) is 0 Å². The number of nitrogens with zero attached hydrogens (tertiary/aromatic N) is 5. The Balaban J connectivity index is 1.93. The number of hydrogen-bond acceptors (Lipinski definition) is 6. The van der Waals surface area contributed by atoms with Crippen LogP contribution in [0.4, 0.5) is 10.3 Å². The van der Waals surface area contributed by atoms with E-state index < -0.39 is 5.82 Å². The van der Waals surface area contributed by atoms with Crippen LogP contribution in [0.2, 0.25) is 5.02 Å². The SMILES string of the molecule is Cc1nc(NCCO)ncc1-c1nc2ccncc2n1-c1ccc(Cl)cc1F. The summed E-state index contributed by atoms with van der Waals surface area (Å²) in [5.41, 5.74) is 2.94. The molecule has 3 aromatic heterocycles. The summed E-state index contributed by atoms with van der Waals surface area (Å²) < 4.78 is 16.4. The maximum absolute atomic E-state index is 14.7. The number of pyridine rings is 1. The van der Waals surface area contributed by atoms with Crippen LogP contribution in [0.25, 0.3) is 28.1 Å². The zero-order valence-corrected chi connectivity index (χ0v) is 15.7. The molecule has 28 heavy (non-hydrogen) atoms.